The van der Waals surface area contributed by atoms with Crippen LogP contribution in [0.1, 0.15) is 5.89 Å². The normalized spacial score (nSPS) is 11.1. The number of hydrogen-bond donors (Lipinski definition) is 1. The van der Waals surface area contributed by atoms with E-state index < -0.39 is 0 Å². The van der Waals surface area contributed by atoms with Crippen molar-refractivity contribution in [3.63, 3.8) is 0 Å². The minimum atomic E-state index is -0.0215. The summed E-state index contributed by atoms with van der Waals surface area (Å²) < 4.78 is 7.08. The third-order valence-electron chi connectivity index (χ3n) is 2.41. The smallest absolute Gasteiger partial charge is 0.307 e. The standard InChI is InChI=1S/C11H9N3O2S/c12-7-1-2-9-8(5-7)13-10(16-9)6-14-3-4-17-11(14)15/h1-5H,6,12H2. The Labute approximate surface area is 100 Å². The van der Waals surface area contributed by atoms with Crippen molar-refractivity contribution in [2.45, 2.75) is 6.54 Å². The lowest BCUT2D eigenvalue weighted by atomic mass is 10.3. The van der Waals surface area contributed by atoms with Gasteiger partial charge in [-0.3, -0.25) is 9.36 Å². The molecule has 0 fully saturated rings. The molecule has 5 nitrogen and oxygen atoms in total. The maximum atomic E-state index is 11.4. The Morgan fingerprint density at radius 1 is 1.47 bits per heavy atom. The van der Waals surface area contributed by atoms with Gasteiger partial charge in [0, 0.05) is 17.3 Å². The number of fused-ring (bicyclic) bond motifs is 1. The second-order valence-electron chi connectivity index (χ2n) is 3.63. The number of aromatic nitrogens is 2. The molecule has 2 N–H and O–H groups in total. The van der Waals surface area contributed by atoms with E-state index in [-0.39, 0.29) is 4.87 Å². The fraction of sp³-hybridized carbons (Fsp3) is 0.0909. The first-order valence-corrected chi connectivity index (χ1v) is 5.89. The first kappa shape index (κ1) is 10.1. The van der Waals surface area contributed by atoms with Crippen LogP contribution in [-0.2, 0) is 6.54 Å². The highest BCUT2D eigenvalue weighted by molar-refractivity contribution is 7.07. The van der Waals surface area contributed by atoms with Crippen LogP contribution in [0.3, 0.4) is 0 Å². The molecule has 1 aromatic carbocycles. The zero-order valence-electron chi connectivity index (χ0n) is 8.79. The van der Waals surface area contributed by atoms with Crippen molar-refractivity contribution in [2.75, 3.05) is 5.73 Å². The van der Waals surface area contributed by atoms with Crippen LogP contribution in [0.15, 0.2) is 39.0 Å². The van der Waals surface area contributed by atoms with E-state index in [2.05, 4.69) is 4.98 Å². The summed E-state index contributed by atoms with van der Waals surface area (Å²) in [6.45, 7) is 0.344. The molecule has 0 aliphatic rings. The average Bonchev–Trinajstić information content (AvgIpc) is 2.85. The summed E-state index contributed by atoms with van der Waals surface area (Å²) >= 11 is 1.15. The van der Waals surface area contributed by atoms with Gasteiger partial charge in [-0.05, 0) is 18.2 Å². The number of nitrogens with two attached hydrogens (primary N) is 1. The van der Waals surface area contributed by atoms with E-state index in [0.29, 0.717) is 29.2 Å². The molecule has 0 amide bonds. The van der Waals surface area contributed by atoms with Crippen LogP contribution in [0.5, 0.6) is 0 Å². The molecule has 0 radical (unpaired) electrons. The van der Waals surface area contributed by atoms with Gasteiger partial charge in [0.05, 0.1) is 0 Å². The number of hydrogen-bond acceptors (Lipinski definition) is 5. The number of nitrogens with zero attached hydrogens (tertiary/aromatic N) is 2. The number of nitrogen functional groups attached to an aromatic ring is 1. The number of oxazole rings is 1. The van der Waals surface area contributed by atoms with Crippen LogP contribution in [0.4, 0.5) is 5.69 Å². The highest BCUT2D eigenvalue weighted by atomic mass is 32.1. The largest absolute Gasteiger partial charge is 0.439 e. The van der Waals surface area contributed by atoms with Gasteiger partial charge in [-0.2, -0.15) is 0 Å². The lowest BCUT2D eigenvalue weighted by molar-refractivity contribution is 0.507. The number of anilines is 1. The minimum absolute atomic E-state index is 0.0215. The van der Waals surface area contributed by atoms with Crippen molar-refractivity contribution in [3.8, 4) is 0 Å². The lowest BCUT2D eigenvalue weighted by Gasteiger charge is -1.93. The SMILES string of the molecule is Nc1ccc2oc(Cn3ccsc3=O)nc2c1. The Hall–Kier alpha value is -2.08. The zero-order chi connectivity index (χ0) is 11.8. The predicted molar refractivity (Wildman–Crippen MR) is 66.1 cm³/mol. The van der Waals surface area contributed by atoms with E-state index in [9.17, 15) is 4.79 Å². The Morgan fingerprint density at radius 2 is 2.35 bits per heavy atom. The van der Waals surface area contributed by atoms with Crippen molar-refractivity contribution in [1.29, 1.82) is 0 Å². The highest BCUT2D eigenvalue weighted by Gasteiger charge is 2.07. The molecule has 0 bridgehead atoms. The van der Waals surface area contributed by atoms with Gasteiger partial charge in [-0.15, -0.1) is 0 Å². The van der Waals surface area contributed by atoms with Crippen molar-refractivity contribution in [3.05, 3.63) is 45.3 Å². The van der Waals surface area contributed by atoms with Crippen LogP contribution in [-0.4, -0.2) is 9.55 Å². The van der Waals surface area contributed by atoms with Gasteiger partial charge in [0.15, 0.2) is 5.58 Å². The number of benzene rings is 1. The minimum Gasteiger partial charge on any atom is -0.439 e. The molecular weight excluding hydrogens is 238 g/mol. The quantitative estimate of drug-likeness (QED) is 0.699. The van der Waals surface area contributed by atoms with E-state index in [1.807, 2.05) is 0 Å². The van der Waals surface area contributed by atoms with E-state index >= 15 is 0 Å². The maximum absolute atomic E-state index is 11.4. The molecular formula is C11H9N3O2S. The fourth-order valence-electron chi connectivity index (χ4n) is 1.61. The van der Waals surface area contributed by atoms with Crippen LogP contribution in [0.2, 0.25) is 0 Å². The Morgan fingerprint density at radius 3 is 3.12 bits per heavy atom. The molecule has 0 saturated heterocycles. The summed E-state index contributed by atoms with van der Waals surface area (Å²) in [5.74, 6) is 0.506. The van der Waals surface area contributed by atoms with E-state index in [4.69, 9.17) is 10.2 Å². The van der Waals surface area contributed by atoms with Gasteiger partial charge in [0.1, 0.15) is 12.1 Å². The summed E-state index contributed by atoms with van der Waals surface area (Å²) in [5, 5.41) is 1.74. The molecule has 6 heteroatoms. The molecule has 3 aromatic rings. The third kappa shape index (κ3) is 1.83. The number of rotatable bonds is 2. The van der Waals surface area contributed by atoms with Gasteiger partial charge < -0.3 is 10.2 Å². The molecule has 2 aromatic heterocycles. The van der Waals surface area contributed by atoms with Crippen LogP contribution >= 0.6 is 11.3 Å². The second-order valence-corrected chi connectivity index (χ2v) is 4.49. The first-order chi connectivity index (χ1) is 8.22. The maximum Gasteiger partial charge on any atom is 0.307 e. The van der Waals surface area contributed by atoms with Gasteiger partial charge in [-0.25, -0.2) is 4.98 Å². The van der Waals surface area contributed by atoms with Crippen molar-refractivity contribution < 1.29 is 4.42 Å². The Kier molecular flexibility index (Phi) is 2.22. The van der Waals surface area contributed by atoms with Crippen molar-refractivity contribution in [1.82, 2.24) is 9.55 Å². The predicted octanol–water partition coefficient (Wildman–Crippen LogP) is 1.68. The molecule has 0 aliphatic heterocycles. The summed E-state index contributed by atoms with van der Waals surface area (Å²) in [6.07, 6.45) is 1.72. The summed E-state index contributed by atoms with van der Waals surface area (Å²) in [5.41, 5.74) is 7.69. The molecule has 0 unspecified atom stereocenters. The van der Waals surface area contributed by atoms with E-state index in [1.54, 1.807) is 34.3 Å². The first-order valence-electron chi connectivity index (χ1n) is 5.01. The monoisotopic (exact) mass is 247 g/mol. The molecule has 0 aliphatic carbocycles. The third-order valence-corrected chi connectivity index (χ3v) is 3.10. The molecule has 0 saturated carbocycles. The van der Waals surface area contributed by atoms with E-state index in [1.165, 1.54) is 0 Å². The topological polar surface area (TPSA) is 74.0 Å². The van der Waals surface area contributed by atoms with E-state index in [0.717, 1.165) is 11.3 Å². The zero-order valence-corrected chi connectivity index (χ0v) is 9.61. The molecule has 86 valence electrons. The molecule has 17 heavy (non-hydrogen) atoms. The van der Waals surface area contributed by atoms with Crippen LogP contribution < -0.4 is 10.6 Å². The van der Waals surface area contributed by atoms with Gasteiger partial charge in [-0.1, -0.05) is 11.3 Å². The molecule has 3 rings (SSSR count). The Bertz CT molecular complexity index is 725. The summed E-state index contributed by atoms with van der Waals surface area (Å²) in [6, 6.07) is 5.28. The lowest BCUT2D eigenvalue weighted by Crippen LogP contribution is -2.12. The van der Waals surface area contributed by atoms with Gasteiger partial charge in [0.25, 0.3) is 0 Å². The van der Waals surface area contributed by atoms with Crippen molar-refractivity contribution in [2.24, 2.45) is 0 Å². The molecule has 2 heterocycles. The summed E-state index contributed by atoms with van der Waals surface area (Å²) in [4.78, 5) is 15.7. The fourth-order valence-corrected chi connectivity index (χ4v) is 2.20. The second kappa shape index (κ2) is 3.74. The van der Waals surface area contributed by atoms with Crippen LogP contribution in [0.25, 0.3) is 11.1 Å². The summed E-state index contributed by atoms with van der Waals surface area (Å²) in [7, 11) is 0. The van der Waals surface area contributed by atoms with Crippen molar-refractivity contribution >= 4 is 28.1 Å². The average molecular weight is 247 g/mol. The Balaban J connectivity index is 2.01. The molecule has 0 atom stereocenters. The van der Waals surface area contributed by atoms with Gasteiger partial charge >= 0.3 is 4.87 Å². The van der Waals surface area contributed by atoms with Crippen LogP contribution in [0, 0.1) is 0 Å². The molecule has 0 spiro atoms. The highest BCUT2D eigenvalue weighted by Crippen LogP contribution is 2.18. The number of thiazole rings is 1. The van der Waals surface area contributed by atoms with Gasteiger partial charge in [0.2, 0.25) is 5.89 Å².